The lowest BCUT2D eigenvalue weighted by Crippen LogP contribution is -2.65. The minimum Gasteiger partial charge on any atom is -0.392 e. The summed E-state index contributed by atoms with van der Waals surface area (Å²) in [5.41, 5.74) is -0.869. The van der Waals surface area contributed by atoms with Crippen molar-refractivity contribution >= 4 is 11.8 Å². The molecule has 23 heavy (non-hydrogen) atoms. The topological polar surface area (TPSA) is 72.9 Å². The van der Waals surface area contributed by atoms with Gasteiger partial charge in [-0.15, -0.1) is 0 Å². The minimum absolute atomic E-state index is 0.112. The molecule has 3 fully saturated rings. The number of nitrogens with zero attached hydrogens (tertiary/aromatic N) is 2. The molecule has 3 rings (SSSR count). The largest absolute Gasteiger partial charge is 0.471 e. The van der Waals surface area contributed by atoms with Crippen LogP contribution >= 0.6 is 0 Å². The number of halogens is 3. The molecule has 1 aliphatic carbocycles. The van der Waals surface area contributed by atoms with E-state index in [4.69, 9.17) is 0 Å². The van der Waals surface area contributed by atoms with Gasteiger partial charge in [0, 0.05) is 25.7 Å². The van der Waals surface area contributed by atoms with Gasteiger partial charge in [-0.1, -0.05) is 0 Å². The average Bonchev–Trinajstić information content (AvgIpc) is 3.10. The van der Waals surface area contributed by atoms with E-state index in [1.807, 2.05) is 0 Å². The molecule has 2 N–H and O–H groups in total. The molecule has 6 nitrogen and oxygen atoms in total. The molecule has 2 heterocycles. The lowest BCUT2D eigenvalue weighted by atomic mass is 10.0. The summed E-state index contributed by atoms with van der Waals surface area (Å²) in [6.45, 7) is 2.00. The van der Waals surface area contributed by atoms with Crippen molar-refractivity contribution in [3.05, 3.63) is 0 Å². The molecule has 130 valence electrons. The maximum Gasteiger partial charge on any atom is 0.471 e. The predicted molar refractivity (Wildman–Crippen MR) is 73.3 cm³/mol. The van der Waals surface area contributed by atoms with Gasteiger partial charge in [-0.05, 0) is 26.2 Å². The summed E-state index contributed by atoms with van der Waals surface area (Å²) in [6, 6.07) is -0.993. The van der Waals surface area contributed by atoms with Gasteiger partial charge in [0.2, 0.25) is 5.91 Å². The summed E-state index contributed by atoms with van der Waals surface area (Å²) in [7, 11) is 0. The molecule has 0 aromatic rings. The Morgan fingerprint density at radius 1 is 1.30 bits per heavy atom. The third kappa shape index (κ3) is 2.91. The quantitative estimate of drug-likeness (QED) is 0.700. The molecule has 0 aromatic heterocycles. The van der Waals surface area contributed by atoms with E-state index in [2.05, 4.69) is 5.32 Å². The van der Waals surface area contributed by atoms with E-state index in [0.29, 0.717) is 25.8 Å². The second kappa shape index (κ2) is 5.34. The summed E-state index contributed by atoms with van der Waals surface area (Å²) in [4.78, 5) is 26.7. The predicted octanol–water partition coefficient (Wildman–Crippen LogP) is -0.137. The minimum atomic E-state index is -4.89. The van der Waals surface area contributed by atoms with E-state index >= 15 is 0 Å². The highest BCUT2D eigenvalue weighted by Crippen LogP contribution is 2.47. The van der Waals surface area contributed by atoms with Crippen molar-refractivity contribution in [1.82, 2.24) is 15.1 Å². The molecule has 3 aliphatic rings. The van der Waals surface area contributed by atoms with E-state index in [9.17, 15) is 27.9 Å². The van der Waals surface area contributed by atoms with Crippen LogP contribution in [0.1, 0.15) is 26.2 Å². The molecule has 0 radical (unpaired) electrons. The van der Waals surface area contributed by atoms with Crippen molar-refractivity contribution in [2.45, 2.75) is 56.1 Å². The second-order valence-corrected chi connectivity index (χ2v) is 6.80. The Morgan fingerprint density at radius 2 is 1.96 bits per heavy atom. The van der Waals surface area contributed by atoms with Crippen molar-refractivity contribution in [3.8, 4) is 0 Å². The van der Waals surface area contributed by atoms with Crippen molar-refractivity contribution in [3.63, 3.8) is 0 Å². The summed E-state index contributed by atoms with van der Waals surface area (Å²) in [6.07, 6.45) is -4.21. The standard InChI is InChI=1S/C14H20F3N3O3/c1-8-6-20(12(23)14(15,16)17)13(2-3-13)7-19(8)11(22)10-4-9(21)5-18-10/h8-10,18,21H,2-7H2,1H3/t8-,9+,10?/m0/s1. The van der Waals surface area contributed by atoms with Crippen LogP contribution in [0.3, 0.4) is 0 Å². The van der Waals surface area contributed by atoms with E-state index < -0.39 is 35.8 Å². The van der Waals surface area contributed by atoms with Gasteiger partial charge in [0.05, 0.1) is 17.7 Å². The van der Waals surface area contributed by atoms with E-state index in [-0.39, 0.29) is 19.0 Å². The number of carbonyl (C=O) groups is 2. The maximum atomic E-state index is 12.8. The number of alkyl halides is 3. The Labute approximate surface area is 131 Å². The second-order valence-electron chi connectivity index (χ2n) is 6.80. The van der Waals surface area contributed by atoms with Crippen LogP contribution in [0.2, 0.25) is 0 Å². The fourth-order valence-electron chi connectivity index (χ4n) is 3.54. The van der Waals surface area contributed by atoms with Gasteiger partial charge < -0.3 is 20.2 Å². The summed E-state index contributed by atoms with van der Waals surface area (Å²) in [5.74, 6) is -2.03. The first-order valence-corrected chi connectivity index (χ1v) is 7.75. The number of nitrogens with one attached hydrogen (secondary N) is 1. The van der Waals surface area contributed by atoms with Gasteiger partial charge in [-0.25, -0.2) is 0 Å². The summed E-state index contributed by atoms with van der Waals surface area (Å²) >= 11 is 0. The van der Waals surface area contributed by atoms with Crippen molar-refractivity contribution in [1.29, 1.82) is 0 Å². The van der Waals surface area contributed by atoms with E-state index in [0.717, 1.165) is 4.90 Å². The molecule has 2 aliphatic heterocycles. The fraction of sp³-hybridized carbons (Fsp3) is 0.857. The molecule has 1 spiro atoms. The average molecular weight is 335 g/mol. The van der Waals surface area contributed by atoms with Crippen molar-refractivity contribution < 1.29 is 27.9 Å². The number of hydrogen-bond donors (Lipinski definition) is 2. The molecule has 3 atom stereocenters. The lowest BCUT2D eigenvalue weighted by Gasteiger charge is -2.46. The smallest absolute Gasteiger partial charge is 0.392 e. The number of aliphatic hydroxyl groups excluding tert-OH is 1. The highest BCUT2D eigenvalue weighted by molar-refractivity contribution is 5.85. The molecule has 2 saturated heterocycles. The molecule has 2 amide bonds. The molecule has 0 bridgehead atoms. The normalized spacial score (nSPS) is 33.2. The fourth-order valence-corrected chi connectivity index (χ4v) is 3.54. The van der Waals surface area contributed by atoms with Gasteiger partial charge >= 0.3 is 12.1 Å². The SMILES string of the molecule is C[C@H]1CN(C(=O)C(F)(F)F)C2(CC2)CN1C(=O)C1C[C@@H](O)CN1. The van der Waals surface area contributed by atoms with Crippen LogP contribution in [0.25, 0.3) is 0 Å². The van der Waals surface area contributed by atoms with Crippen LogP contribution in [-0.2, 0) is 9.59 Å². The number of rotatable bonds is 1. The number of amides is 2. The van der Waals surface area contributed by atoms with Crippen LogP contribution in [0, 0.1) is 0 Å². The first-order valence-electron chi connectivity index (χ1n) is 7.75. The number of carbonyl (C=O) groups excluding carboxylic acids is 2. The van der Waals surface area contributed by atoms with E-state index in [1.54, 1.807) is 11.8 Å². The molecule has 1 unspecified atom stereocenters. The Balaban J connectivity index is 1.73. The van der Waals surface area contributed by atoms with Gasteiger partial charge in [-0.3, -0.25) is 9.59 Å². The van der Waals surface area contributed by atoms with Crippen LogP contribution in [-0.4, -0.2) is 76.3 Å². The van der Waals surface area contributed by atoms with Crippen LogP contribution in [0.15, 0.2) is 0 Å². The Kier molecular flexibility index (Phi) is 3.83. The summed E-state index contributed by atoms with van der Waals surface area (Å²) in [5, 5.41) is 12.4. The maximum absolute atomic E-state index is 12.8. The van der Waals surface area contributed by atoms with E-state index in [1.165, 1.54) is 0 Å². The van der Waals surface area contributed by atoms with Crippen molar-refractivity contribution in [2.24, 2.45) is 0 Å². The van der Waals surface area contributed by atoms with Gasteiger partial charge in [0.1, 0.15) is 0 Å². The Bertz CT molecular complexity index is 521. The zero-order valence-electron chi connectivity index (χ0n) is 12.8. The molecular formula is C14H20F3N3O3. The lowest BCUT2D eigenvalue weighted by molar-refractivity contribution is -0.193. The monoisotopic (exact) mass is 335 g/mol. The number of aliphatic hydroxyl groups is 1. The third-order valence-electron chi connectivity index (χ3n) is 5.02. The first-order chi connectivity index (χ1) is 10.6. The number of piperazine rings is 1. The molecular weight excluding hydrogens is 315 g/mol. The number of β-amino-alcohol motifs (C(OH)–C–C–N with tert-alkyl or cyclic N) is 1. The highest BCUT2D eigenvalue weighted by Gasteiger charge is 2.60. The Morgan fingerprint density at radius 3 is 2.43 bits per heavy atom. The molecule has 1 saturated carbocycles. The molecule has 0 aromatic carbocycles. The van der Waals surface area contributed by atoms with Crippen molar-refractivity contribution in [2.75, 3.05) is 19.6 Å². The van der Waals surface area contributed by atoms with Crippen LogP contribution in [0.5, 0.6) is 0 Å². The molecule has 9 heteroatoms. The van der Waals surface area contributed by atoms with Gasteiger partial charge in [-0.2, -0.15) is 13.2 Å². The first kappa shape index (κ1) is 16.5. The van der Waals surface area contributed by atoms with Crippen LogP contribution < -0.4 is 5.32 Å². The van der Waals surface area contributed by atoms with Gasteiger partial charge in [0.15, 0.2) is 0 Å². The summed E-state index contributed by atoms with van der Waals surface area (Å²) < 4.78 is 38.3. The van der Waals surface area contributed by atoms with Gasteiger partial charge in [0.25, 0.3) is 0 Å². The Hall–Kier alpha value is -1.35. The highest BCUT2D eigenvalue weighted by atomic mass is 19.4. The van der Waals surface area contributed by atoms with Crippen LogP contribution in [0.4, 0.5) is 13.2 Å². The zero-order chi connectivity index (χ0) is 17.0. The third-order valence-corrected chi connectivity index (χ3v) is 5.02. The zero-order valence-corrected chi connectivity index (χ0v) is 12.8. The number of hydrogen-bond acceptors (Lipinski definition) is 4.